The second-order valence-electron chi connectivity index (χ2n) is 4.09. The lowest BCUT2D eigenvalue weighted by Gasteiger charge is -2.40. The van der Waals surface area contributed by atoms with Gasteiger partial charge in [0.25, 0.3) is 0 Å². The number of aliphatic hydroxyl groups excluding tert-OH is 4. The molecule has 0 radical (unpaired) electrons. The number of rotatable bonds is 5. The fourth-order valence-electron chi connectivity index (χ4n) is 1.68. The van der Waals surface area contributed by atoms with Gasteiger partial charge in [-0.25, -0.2) is 4.79 Å². The summed E-state index contributed by atoms with van der Waals surface area (Å²) in [7, 11) is 0. The molecule has 0 aromatic carbocycles. The number of urea groups is 1. The van der Waals surface area contributed by atoms with E-state index in [4.69, 9.17) is 21.4 Å². The molecule has 0 saturated carbocycles. The number of alkyl halides is 1. The Morgan fingerprint density at radius 1 is 1.30 bits per heavy atom. The molecule has 1 fully saturated rings. The van der Waals surface area contributed by atoms with Crippen molar-refractivity contribution < 1.29 is 30.0 Å². The van der Waals surface area contributed by atoms with Crippen molar-refractivity contribution >= 4 is 17.6 Å². The van der Waals surface area contributed by atoms with Gasteiger partial charge < -0.3 is 30.5 Å². The van der Waals surface area contributed by atoms with Crippen molar-refractivity contribution in [3.63, 3.8) is 0 Å². The first-order chi connectivity index (χ1) is 9.46. The molecule has 11 heteroatoms. The summed E-state index contributed by atoms with van der Waals surface area (Å²) in [6.45, 7) is -0.789. The number of hydrogen-bond donors (Lipinski definition) is 5. The Balaban J connectivity index is 2.70. The molecule has 0 aliphatic carbocycles. The van der Waals surface area contributed by atoms with Crippen LogP contribution in [0.3, 0.4) is 0 Å². The fourth-order valence-corrected chi connectivity index (χ4v) is 1.84. The third-order valence-corrected chi connectivity index (χ3v) is 2.96. The van der Waals surface area contributed by atoms with E-state index in [-0.39, 0.29) is 12.4 Å². The molecule has 1 aliphatic rings. The van der Waals surface area contributed by atoms with Crippen LogP contribution in [-0.2, 0) is 4.74 Å². The highest BCUT2D eigenvalue weighted by Crippen LogP contribution is 2.19. The third kappa shape index (κ3) is 3.75. The largest absolute Gasteiger partial charge is 0.394 e. The zero-order valence-electron chi connectivity index (χ0n) is 10.3. The zero-order chi connectivity index (χ0) is 15.3. The molecule has 0 unspecified atom stereocenters. The van der Waals surface area contributed by atoms with Crippen molar-refractivity contribution in [2.24, 2.45) is 5.29 Å². The van der Waals surface area contributed by atoms with Crippen LogP contribution in [0.4, 0.5) is 4.79 Å². The number of ether oxygens (including phenoxy) is 1. The number of carbonyl (C=O) groups excluding carboxylic acids is 1. The summed E-state index contributed by atoms with van der Waals surface area (Å²) in [5, 5.41) is 42.7. The van der Waals surface area contributed by atoms with Gasteiger partial charge in [0, 0.05) is 5.88 Å². The number of nitrogens with one attached hydrogen (secondary N) is 1. The second-order valence-corrected chi connectivity index (χ2v) is 4.47. The number of aliphatic hydroxyl groups is 4. The molecular formula is C9H16ClN3O7. The molecular weight excluding hydrogens is 298 g/mol. The molecule has 5 atom stereocenters. The van der Waals surface area contributed by atoms with Crippen LogP contribution in [0.15, 0.2) is 5.29 Å². The van der Waals surface area contributed by atoms with Gasteiger partial charge in [0.2, 0.25) is 0 Å². The maximum absolute atomic E-state index is 11.6. The Morgan fingerprint density at radius 3 is 2.45 bits per heavy atom. The van der Waals surface area contributed by atoms with E-state index in [2.05, 4.69) is 10.6 Å². The summed E-state index contributed by atoms with van der Waals surface area (Å²) in [5.41, 5.74) is 0. The van der Waals surface area contributed by atoms with Crippen molar-refractivity contribution in [1.82, 2.24) is 10.3 Å². The van der Waals surface area contributed by atoms with Crippen LogP contribution in [0.2, 0.25) is 0 Å². The van der Waals surface area contributed by atoms with Gasteiger partial charge in [0.15, 0.2) is 6.23 Å². The van der Waals surface area contributed by atoms with Crippen molar-refractivity contribution in [2.45, 2.75) is 30.6 Å². The lowest BCUT2D eigenvalue weighted by atomic mass is 9.98. The Hall–Kier alpha value is -1.04. The quantitative estimate of drug-likeness (QED) is 0.218. The summed E-state index contributed by atoms with van der Waals surface area (Å²) in [4.78, 5) is 22.0. The van der Waals surface area contributed by atoms with Gasteiger partial charge in [-0.15, -0.1) is 16.5 Å². The molecule has 0 aromatic rings. The minimum Gasteiger partial charge on any atom is -0.394 e. The van der Waals surface area contributed by atoms with Crippen LogP contribution in [0, 0.1) is 4.91 Å². The first-order valence-electron chi connectivity index (χ1n) is 5.74. The van der Waals surface area contributed by atoms with Crippen molar-refractivity contribution in [1.29, 1.82) is 0 Å². The van der Waals surface area contributed by atoms with Gasteiger partial charge in [-0.05, 0) is 0 Å². The lowest BCUT2D eigenvalue weighted by Crippen LogP contribution is -2.64. The van der Waals surface area contributed by atoms with Crippen molar-refractivity contribution in [2.75, 3.05) is 19.0 Å². The predicted molar refractivity (Wildman–Crippen MR) is 65.5 cm³/mol. The molecule has 1 rings (SSSR count). The van der Waals surface area contributed by atoms with Crippen LogP contribution in [-0.4, -0.2) is 81.1 Å². The summed E-state index contributed by atoms with van der Waals surface area (Å²) in [6.07, 6.45) is -7.38. The highest BCUT2D eigenvalue weighted by molar-refractivity contribution is 6.18. The maximum atomic E-state index is 11.6. The standard InChI is InChI=1S/C9H16ClN3O7/c10-1-2-13(12-19)9(18)11-8-7(17)6(16)5(15)4(3-14)20-8/h4-8,14-17H,1-3H2,(H,11,18)/t4-,5+,6+,7+,8-/m0/s1. The summed E-state index contributed by atoms with van der Waals surface area (Å²) in [5.74, 6) is -0.0339. The number of nitroso groups, excluding NO2 is 1. The number of amides is 2. The van der Waals surface area contributed by atoms with E-state index in [0.717, 1.165) is 0 Å². The Morgan fingerprint density at radius 2 is 1.95 bits per heavy atom. The number of carbonyl (C=O) groups is 1. The first-order valence-corrected chi connectivity index (χ1v) is 6.27. The monoisotopic (exact) mass is 313 g/mol. The maximum Gasteiger partial charge on any atom is 0.342 e. The molecule has 10 nitrogen and oxygen atoms in total. The molecule has 1 saturated heterocycles. The van der Waals surface area contributed by atoms with Crippen LogP contribution in [0.5, 0.6) is 0 Å². The second kappa shape index (κ2) is 7.67. The van der Waals surface area contributed by atoms with E-state index in [1.165, 1.54) is 0 Å². The van der Waals surface area contributed by atoms with Crippen LogP contribution in [0.25, 0.3) is 0 Å². The van der Waals surface area contributed by atoms with E-state index < -0.39 is 43.3 Å². The third-order valence-electron chi connectivity index (χ3n) is 2.79. The SMILES string of the molecule is O=NN(CCCl)C(=O)N[C@H]1O[C@@H](CO)[C@@H](O)[C@@H](O)[C@H]1O. The highest BCUT2D eigenvalue weighted by atomic mass is 35.5. The summed E-state index contributed by atoms with van der Waals surface area (Å²) >= 11 is 5.37. The molecule has 0 aromatic heterocycles. The van der Waals surface area contributed by atoms with E-state index >= 15 is 0 Å². The van der Waals surface area contributed by atoms with Gasteiger partial charge in [0.05, 0.1) is 18.4 Å². The van der Waals surface area contributed by atoms with E-state index in [1.54, 1.807) is 0 Å². The van der Waals surface area contributed by atoms with Crippen LogP contribution >= 0.6 is 11.6 Å². The molecule has 116 valence electrons. The first kappa shape index (κ1) is 17.0. The zero-order valence-corrected chi connectivity index (χ0v) is 11.0. The van der Waals surface area contributed by atoms with E-state index in [1.807, 2.05) is 0 Å². The lowest BCUT2D eigenvalue weighted by molar-refractivity contribution is -0.233. The van der Waals surface area contributed by atoms with Crippen LogP contribution < -0.4 is 5.32 Å². The summed E-state index contributed by atoms with van der Waals surface area (Å²) < 4.78 is 5.03. The molecule has 20 heavy (non-hydrogen) atoms. The van der Waals surface area contributed by atoms with Gasteiger partial charge >= 0.3 is 6.03 Å². The van der Waals surface area contributed by atoms with E-state index in [0.29, 0.717) is 5.01 Å². The fraction of sp³-hybridized carbons (Fsp3) is 0.889. The Kier molecular flexibility index (Phi) is 6.52. The summed E-state index contributed by atoms with van der Waals surface area (Å²) in [6, 6.07) is -0.995. The minimum atomic E-state index is -1.64. The van der Waals surface area contributed by atoms with Crippen LogP contribution in [0.1, 0.15) is 0 Å². The Bertz CT molecular complexity index is 346. The van der Waals surface area contributed by atoms with Gasteiger partial charge in [0.1, 0.15) is 24.4 Å². The molecule has 1 heterocycles. The van der Waals surface area contributed by atoms with E-state index in [9.17, 15) is 25.0 Å². The normalized spacial score (nSPS) is 33.5. The average molecular weight is 314 g/mol. The van der Waals surface area contributed by atoms with Crippen molar-refractivity contribution in [3.8, 4) is 0 Å². The topological polar surface area (TPSA) is 152 Å². The number of hydrogen-bond acceptors (Lipinski definition) is 8. The smallest absolute Gasteiger partial charge is 0.342 e. The molecule has 0 spiro atoms. The molecule has 5 N–H and O–H groups in total. The molecule has 1 aliphatic heterocycles. The molecule has 0 bridgehead atoms. The highest BCUT2D eigenvalue weighted by Gasteiger charge is 2.44. The predicted octanol–water partition coefficient (Wildman–Crippen LogP) is -2.28. The average Bonchev–Trinajstić information content (AvgIpc) is 2.45. The van der Waals surface area contributed by atoms with Gasteiger partial charge in [-0.2, -0.15) is 5.01 Å². The van der Waals surface area contributed by atoms with Gasteiger partial charge in [-0.1, -0.05) is 0 Å². The number of halogens is 1. The Labute approximate surface area is 118 Å². The number of nitrogens with zero attached hydrogens (tertiary/aromatic N) is 2. The minimum absolute atomic E-state index is 0.0339. The van der Waals surface area contributed by atoms with Crippen molar-refractivity contribution in [3.05, 3.63) is 4.91 Å². The molecule has 2 amide bonds. The van der Waals surface area contributed by atoms with Gasteiger partial charge in [-0.3, -0.25) is 0 Å².